The van der Waals surface area contributed by atoms with Crippen LogP contribution in [0.3, 0.4) is 0 Å². The lowest BCUT2D eigenvalue weighted by Gasteiger charge is -2.31. The average molecular weight is 358 g/mol. The van der Waals surface area contributed by atoms with Gasteiger partial charge in [0.2, 0.25) is 0 Å². The Hall–Kier alpha value is -1.41. The SMILES string of the molecule is CCC(CCC1(C)OCCO1)P(=O)(c1ccccc1)c1ccccc1. The van der Waals surface area contributed by atoms with Crippen LogP contribution in [0.2, 0.25) is 0 Å². The minimum atomic E-state index is -2.73. The molecule has 0 saturated carbocycles. The molecule has 1 heterocycles. The Morgan fingerprint density at radius 3 is 1.88 bits per heavy atom. The van der Waals surface area contributed by atoms with Crippen LogP contribution in [-0.4, -0.2) is 24.7 Å². The minimum absolute atomic E-state index is 0.0712. The van der Waals surface area contributed by atoms with E-state index in [0.717, 1.165) is 29.9 Å². The first-order valence-electron chi connectivity index (χ1n) is 9.07. The Kier molecular flexibility index (Phi) is 5.78. The molecule has 0 aromatic heterocycles. The van der Waals surface area contributed by atoms with Crippen molar-refractivity contribution in [2.75, 3.05) is 13.2 Å². The smallest absolute Gasteiger partial charge is 0.165 e. The van der Waals surface area contributed by atoms with Gasteiger partial charge in [-0.15, -0.1) is 0 Å². The van der Waals surface area contributed by atoms with Gasteiger partial charge in [-0.3, -0.25) is 0 Å². The van der Waals surface area contributed by atoms with E-state index in [1.54, 1.807) is 0 Å². The predicted molar refractivity (Wildman–Crippen MR) is 103 cm³/mol. The largest absolute Gasteiger partial charge is 0.348 e. The van der Waals surface area contributed by atoms with Crippen molar-refractivity contribution in [1.82, 2.24) is 0 Å². The lowest BCUT2D eigenvalue weighted by atomic mass is 10.1. The molecule has 1 saturated heterocycles. The molecule has 0 bridgehead atoms. The first-order valence-corrected chi connectivity index (χ1v) is 10.8. The standard InChI is InChI=1S/C21H27O3P/c1-3-18(14-15-21(2)23-16-17-24-21)25(22,19-10-6-4-7-11-19)20-12-8-5-9-13-20/h4-13,18H,3,14-17H2,1-2H3. The monoisotopic (exact) mass is 358 g/mol. The van der Waals surface area contributed by atoms with Crippen LogP contribution < -0.4 is 10.6 Å². The Balaban J connectivity index is 1.94. The van der Waals surface area contributed by atoms with Crippen molar-refractivity contribution in [1.29, 1.82) is 0 Å². The molecule has 4 heteroatoms. The summed E-state index contributed by atoms with van der Waals surface area (Å²) in [5.74, 6) is -0.536. The van der Waals surface area contributed by atoms with Gasteiger partial charge in [-0.25, -0.2) is 0 Å². The minimum Gasteiger partial charge on any atom is -0.348 e. The number of benzene rings is 2. The summed E-state index contributed by atoms with van der Waals surface area (Å²) in [4.78, 5) is 0. The van der Waals surface area contributed by atoms with E-state index in [1.165, 1.54) is 0 Å². The Morgan fingerprint density at radius 2 is 1.44 bits per heavy atom. The van der Waals surface area contributed by atoms with Gasteiger partial charge in [-0.1, -0.05) is 67.6 Å². The average Bonchev–Trinajstić information content (AvgIpc) is 3.10. The van der Waals surface area contributed by atoms with Gasteiger partial charge in [-0.05, 0) is 19.8 Å². The van der Waals surface area contributed by atoms with Crippen molar-refractivity contribution in [2.24, 2.45) is 0 Å². The zero-order valence-electron chi connectivity index (χ0n) is 15.1. The summed E-state index contributed by atoms with van der Waals surface area (Å²) < 4.78 is 25.9. The molecule has 0 aliphatic carbocycles. The summed E-state index contributed by atoms with van der Waals surface area (Å²) in [6.45, 7) is 5.40. The van der Waals surface area contributed by atoms with Gasteiger partial charge in [0, 0.05) is 22.7 Å². The van der Waals surface area contributed by atoms with Crippen molar-refractivity contribution in [2.45, 2.75) is 44.6 Å². The van der Waals surface area contributed by atoms with Crippen molar-refractivity contribution in [3.05, 3.63) is 60.7 Å². The van der Waals surface area contributed by atoms with Crippen LogP contribution in [0.4, 0.5) is 0 Å². The van der Waals surface area contributed by atoms with E-state index >= 15 is 0 Å². The Morgan fingerprint density at radius 1 is 0.960 bits per heavy atom. The van der Waals surface area contributed by atoms with E-state index < -0.39 is 12.9 Å². The molecule has 3 nitrogen and oxygen atoms in total. The normalized spacial score (nSPS) is 18.2. The molecule has 25 heavy (non-hydrogen) atoms. The number of hydrogen-bond donors (Lipinski definition) is 0. The fourth-order valence-corrected chi connectivity index (χ4v) is 7.02. The van der Waals surface area contributed by atoms with Gasteiger partial charge in [-0.2, -0.15) is 0 Å². The summed E-state index contributed by atoms with van der Waals surface area (Å²) in [5.41, 5.74) is 0.0712. The quantitative estimate of drug-likeness (QED) is 0.692. The lowest BCUT2D eigenvalue weighted by molar-refractivity contribution is -0.147. The van der Waals surface area contributed by atoms with Gasteiger partial charge >= 0.3 is 0 Å². The van der Waals surface area contributed by atoms with Crippen LogP contribution in [-0.2, 0) is 14.0 Å². The molecule has 2 aromatic carbocycles. The zero-order chi connectivity index (χ0) is 17.8. The van der Waals surface area contributed by atoms with Crippen LogP contribution in [0, 0.1) is 0 Å². The van der Waals surface area contributed by atoms with E-state index in [-0.39, 0.29) is 5.66 Å². The summed E-state index contributed by atoms with van der Waals surface area (Å²) in [5, 5.41) is 1.87. The first kappa shape index (κ1) is 18.4. The highest BCUT2D eigenvalue weighted by Crippen LogP contribution is 2.52. The number of ether oxygens (including phenoxy) is 2. The molecule has 1 aliphatic rings. The number of rotatable bonds is 7. The van der Waals surface area contributed by atoms with Crippen LogP contribution in [0.1, 0.15) is 33.1 Å². The van der Waals surface area contributed by atoms with Crippen molar-refractivity contribution >= 4 is 17.8 Å². The third-order valence-electron chi connectivity index (χ3n) is 5.09. The van der Waals surface area contributed by atoms with E-state index in [9.17, 15) is 4.57 Å². The molecule has 0 radical (unpaired) electrons. The third kappa shape index (κ3) is 3.89. The third-order valence-corrected chi connectivity index (χ3v) is 8.88. The Bertz CT molecular complexity index is 665. The molecular formula is C21H27O3P. The molecule has 0 amide bonds. The zero-order valence-corrected chi connectivity index (χ0v) is 16.0. The molecule has 2 aromatic rings. The first-order chi connectivity index (χ1) is 12.1. The van der Waals surface area contributed by atoms with Crippen LogP contribution in [0.15, 0.2) is 60.7 Å². The lowest BCUT2D eigenvalue weighted by Crippen LogP contribution is -2.30. The molecule has 1 aliphatic heterocycles. The second-order valence-corrected chi connectivity index (χ2v) is 9.84. The summed E-state index contributed by atoms with van der Waals surface area (Å²) in [6, 6.07) is 19.8. The van der Waals surface area contributed by atoms with E-state index in [2.05, 4.69) is 6.92 Å². The molecule has 0 spiro atoms. The van der Waals surface area contributed by atoms with Gasteiger partial charge in [0.25, 0.3) is 0 Å². The molecule has 1 atom stereocenters. The van der Waals surface area contributed by atoms with E-state index in [4.69, 9.17) is 9.47 Å². The molecule has 1 fully saturated rings. The number of hydrogen-bond acceptors (Lipinski definition) is 3. The summed E-state index contributed by atoms with van der Waals surface area (Å²) in [7, 11) is -2.73. The van der Waals surface area contributed by atoms with Gasteiger partial charge in [0.15, 0.2) is 5.79 Å². The van der Waals surface area contributed by atoms with Crippen molar-refractivity contribution in [3.8, 4) is 0 Å². The fraction of sp³-hybridized carbons (Fsp3) is 0.429. The predicted octanol–water partition coefficient (Wildman–Crippen LogP) is 4.32. The van der Waals surface area contributed by atoms with Gasteiger partial charge in [0.05, 0.1) is 13.2 Å². The molecule has 3 rings (SSSR count). The molecule has 134 valence electrons. The molecular weight excluding hydrogens is 331 g/mol. The highest BCUT2D eigenvalue weighted by molar-refractivity contribution is 7.79. The summed E-state index contributed by atoms with van der Waals surface area (Å²) >= 11 is 0. The van der Waals surface area contributed by atoms with Crippen LogP contribution in [0.5, 0.6) is 0 Å². The van der Waals surface area contributed by atoms with Crippen LogP contribution in [0.25, 0.3) is 0 Å². The topological polar surface area (TPSA) is 35.5 Å². The Labute approximate surface area is 150 Å². The van der Waals surface area contributed by atoms with Crippen molar-refractivity contribution in [3.63, 3.8) is 0 Å². The van der Waals surface area contributed by atoms with Crippen LogP contribution >= 0.6 is 7.14 Å². The second kappa shape index (κ2) is 7.86. The highest BCUT2D eigenvalue weighted by atomic mass is 31.2. The van der Waals surface area contributed by atoms with Gasteiger partial charge < -0.3 is 14.0 Å². The van der Waals surface area contributed by atoms with Crippen molar-refractivity contribution < 1.29 is 14.0 Å². The molecule has 0 N–H and O–H groups in total. The maximum atomic E-state index is 14.4. The summed E-state index contributed by atoms with van der Waals surface area (Å²) in [6.07, 6.45) is 2.43. The molecule has 1 unspecified atom stereocenters. The maximum Gasteiger partial charge on any atom is 0.165 e. The van der Waals surface area contributed by atoms with E-state index in [1.807, 2.05) is 67.6 Å². The van der Waals surface area contributed by atoms with Gasteiger partial charge in [0.1, 0.15) is 7.14 Å². The fourth-order valence-electron chi connectivity index (χ4n) is 3.64. The maximum absolute atomic E-state index is 14.4. The second-order valence-electron chi connectivity index (χ2n) is 6.76. The van der Waals surface area contributed by atoms with E-state index in [0.29, 0.717) is 13.2 Å². The highest BCUT2D eigenvalue weighted by Gasteiger charge is 2.38.